The van der Waals surface area contributed by atoms with E-state index in [9.17, 15) is 18.6 Å². The molecular formula is C28H29N11O4S. The molecule has 2 aromatic heterocycles. The number of hydrogen-bond donors (Lipinski definition) is 3. The fourth-order valence-electron chi connectivity index (χ4n) is 4.41. The molecule has 1 aliphatic carbocycles. The molecule has 0 saturated carbocycles. The number of allylic oxidation sites excluding steroid dienone is 4. The molecule has 0 aliphatic heterocycles. The Morgan fingerprint density at radius 3 is 1.95 bits per heavy atom. The highest BCUT2D eigenvalue weighted by Gasteiger charge is 2.21. The van der Waals surface area contributed by atoms with E-state index in [-0.39, 0.29) is 17.3 Å². The van der Waals surface area contributed by atoms with Crippen molar-refractivity contribution in [1.82, 2.24) is 45.4 Å². The summed E-state index contributed by atoms with van der Waals surface area (Å²) in [4.78, 5) is 2.52. The number of aromatic nitrogens is 8. The molecule has 0 radical (unpaired) electrons. The van der Waals surface area contributed by atoms with Gasteiger partial charge in [0.15, 0.2) is 11.6 Å². The van der Waals surface area contributed by atoms with Gasteiger partial charge in [-0.3, -0.25) is 4.72 Å². The molecule has 226 valence electrons. The van der Waals surface area contributed by atoms with E-state index in [0.717, 1.165) is 0 Å². The Hall–Kier alpha value is -5.51. The Kier molecular flexibility index (Phi) is 8.71. The summed E-state index contributed by atoms with van der Waals surface area (Å²) < 4.78 is 27.7. The first-order valence-electron chi connectivity index (χ1n) is 13.5. The number of aryl methyl sites for hydroxylation is 2. The van der Waals surface area contributed by atoms with E-state index in [4.69, 9.17) is 0 Å². The molecule has 0 saturated heterocycles. The van der Waals surface area contributed by atoms with Gasteiger partial charge in [-0.1, -0.05) is 13.0 Å². The predicted molar refractivity (Wildman–Crippen MR) is 162 cm³/mol. The summed E-state index contributed by atoms with van der Waals surface area (Å²) in [5, 5.41) is 53.2. The Labute approximate surface area is 252 Å². The van der Waals surface area contributed by atoms with Gasteiger partial charge >= 0.3 is 0 Å². The van der Waals surface area contributed by atoms with Gasteiger partial charge in [0.2, 0.25) is 10.0 Å². The van der Waals surface area contributed by atoms with Crippen LogP contribution in [-0.2, 0) is 10.0 Å². The minimum Gasteiger partial charge on any atom is -0.507 e. The summed E-state index contributed by atoms with van der Waals surface area (Å²) >= 11 is 0. The van der Waals surface area contributed by atoms with E-state index in [1.165, 1.54) is 34.1 Å². The average molecular weight is 616 g/mol. The monoisotopic (exact) mass is 615 g/mol. The first-order valence-corrected chi connectivity index (χ1v) is 15.2. The van der Waals surface area contributed by atoms with Gasteiger partial charge in [0.25, 0.3) is 0 Å². The number of sulfonamides is 1. The van der Waals surface area contributed by atoms with Crippen molar-refractivity contribution in [1.29, 1.82) is 0 Å². The molecule has 0 unspecified atom stereocenters. The van der Waals surface area contributed by atoms with Crippen LogP contribution in [0.4, 0.5) is 0 Å². The number of benzene rings is 2. The Morgan fingerprint density at radius 1 is 0.932 bits per heavy atom. The maximum atomic E-state index is 12.6. The van der Waals surface area contributed by atoms with Crippen LogP contribution in [-0.4, -0.2) is 77.4 Å². The summed E-state index contributed by atoms with van der Waals surface area (Å²) in [6.07, 6.45) is 9.10. The van der Waals surface area contributed by atoms with Crippen LogP contribution in [0.3, 0.4) is 0 Å². The van der Waals surface area contributed by atoms with Gasteiger partial charge in [-0.15, -0.1) is 19.8 Å². The molecule has 15 nitrogen and oxygen atoms in total. The lowest BCUT2D eigenvalue weighted by atomic mass is 9.87. The highest BCUT2D eigenvalue weighted by Crippen LogP contribution is 2.40. The molecule has 0 bridgehead atoms. The molecule has 44 heavy (non-hydrogen) atoms. The SMILES string of the molecule is CCCS(=O)(=O)NC1=CC(=C(c2cc(C=Nn3nnnc3C)ccc2O)c2cc(C=Nn3nnnc3C)ccc2O)CC=C1. The maximum absolute atomic E-state index is 12.6. The summed E-state index contributed by atoms with van der Waals surface area (Å²) in [6.45, 7) is 5.20. The summed E-state index contributed by atoms with van der Waals surface area (Å²) in [5.41, 5.74) is 3.44. The topological polar surface area (TPSA) is 199 Å². The van der Waals surface area contributed by atoms with Gasteiger partial charge in [0, 0.05) is 16.8 Å². The third kappa shape index (κ3) is 6.92. The fraction of sp³-hybridized carbons (Fsp3) is 0.214. The Morgan fingerprint density at radius 2 is 1.48 bits per heavy atom. The molecular weight excluding hydrogens is 586 g/mol. The van der Waals surface area contributed by atoms with Crippen LogP contribution in [0.15, 0.2) is 76.1 Å². The molecule has 2 aromatic carbocycles. The Bertz CT molecular complexity index is 1850. The van der Waals surface area contributed by atoms with Crippen LogP contribution in [0.5, 0.6) is 11.5 Å². The van der Waals surface area contributed by atoms with Crippen molar-refractivity contribution >= 4 is 28.0 Å². The molecule has 0 amide bonds. The van der Waals surface area contributed by atoms with Crippen molar-refractivity contribution in [2.75, 3.05) is 5.75 Å². The fourth-order valence-corrected chi connectivity index (χ4v) is 5.54. The van der Waals surface area contributed by atoms with Gasteiger partial charge in [-0.2, -0.15) is 10.2 Å². The van der Waals surface area contributed by atoms with Crippen LogP contribution >= 0.6 is 0 Å². The van der Waals surface area contributed by atoms with Crippen molar-refractivity contribution in [3.63, 3.8) is 0 Å². The highest BCUT2D eigenvalue weighted by atomic mass is 32.2. The first-order chi connectivity index (χ1) is 21.1. The van der Waals surface area contributed by atoms with Crippen molar-refractivity contribution in [3.8, 4) is 11.5 Å². The molecule has 1 aliphatic rings. The van der Waals surface area contributed by atoms with E-state index in [1.807, 2.05) is 6.08 Å². The number of phenols is 2. The van der Waals surface area contributed by atoms with E-state index in [0.29, 0.717) is 63.6 Å². The lowest BCUT2D eigenvalue weighted by Gasteiger charge is -2.20. The van der Waals surface area contributed by atoms with Crippen LogP contribution in [0, 0.1) is 13.8 Å². The highest BCUT2D eigenvalue weighted by molar-refractivity contribution is 7.89. The zero-order valence-electron chi connectivity index (χ0n) is 24.1. The quantitative estimate of drug-likeness (QED) is 0.223. The van der Waals surface area contributed by atoms with Crippen molar-refractivity contribution in [3.05, 3.63) is 99.8 Å². The number of nitrogens with zero attached hydrogens (tertiary/aromatic N) is 10. The predicted octanol–water partition coefficient (Wildman–Crippen LogP) is 2.43. The summed E-state index contributed by atoms with van der Waals surface area (Å²) in [6, 6.07) is 9.78. The van der Waals surface area contributed by atoms with Gasteiger partial charge in [0.1, 0.15) is 11.5 Å². The second kappa shape index (κ2) is 12.8. The van der Waals surface area contributed by atoms with Crippen molar-refractivity contribution in [2.45, 2.75) is 33.6 Å². The zero-order chi connectivity index (χ0) is 31.3. The number of nitrogens with one attached hydrogen (secondary N) is 1. The molecule has 16 heteroatoms. The largest absolute Gasteiger partial charge is 0.507 e. The van der Waals surface area contributed by atoms with Gasteiger partial charge in [-0.25, -0.2) is 8.42 Å². The van der Waals surface area contributed by atoms with Crippen LogP contribution in [0.25, 0.3) is 5.57 Å². The molecule has 0 atom stereocenters. The molecule has 4 aromatic rings. The molecule has 0 spiro atoms. The lowest BCUT2D eigenvalue weighted by molar-refractivity contribution is 0.471. The van der Waals surface area contributed by atoms with Crippen molar-refractivity contribution in [2.24, 2.45) is 10.2 Å². The second-order valence-corrected chi connectivity index (χ2v) is 11.6. The van der Waals surface area contributed by atoms with Gasteiger partial charge < -0.3 is 10.2 Å². The number of aromatic hydroxyl groups is 2. The summed E-state index contributed by atoms with van der Waals surface area (Å²) in [7, 11) is -3.57. The lowest BCUT2D eigenvalue weighted by Crippen LogP contribution is -2.25. The number of phenolic OH excluding ortho intramolecular Hbond substituents is 2. The van der Waals surface area contributed by atoms with Crippen LogP contribution in [0.2, 0.25) is 0 Å². The zero-order valence-corrected chi connectivity index (χ0v) is 24.9. The molecule has 0 fully saturated rings. The smallest absolute Gasteiger partial charge is 0.232 e. The summed E-state index contributed by atoms with van der Waals surface area (Å²) in [5.74, 6) is 0.806. The molecule has 5 rings (SSSR count). The van der Waals surface area contributed by atoms with Gasteiger partial charge in [0.05, 0.1) is 18.2 Å². The molecule has 2 heterocycles. The normalized spacial score (nSPS) is 13.6. The van der Waals surface area contributed by atoms with Crippen molar-refractivity contribution < 1.29 is 18.6 Å². The number of rotatable bonds is 10. The number of tetrazole rings is 2. The minimum absolute atomic E-state index is 0.0318. The first kappa shape index (κ1) is 30.0. The number of hydrogen-bond acceptors (Lipinski definition) is 12. The van der Waals surface area contributed by atoms with Crippen LogP contribution in [0.1, 0.15) is 53.7 Å². The standard InChI is InChI=1S/C28H29N11O4S/c1-4-12-44(42,43)33-23-7-5-6-22(15-23)28(24-13-20(8-10-26(24)40)16-29-38-18(2)31-34-36-38)25-14-21(9-11-27(25)41)17-30-39-19(3)32-35-37-39/h5,7-11,13-17,33,40-41H,4,6,12H2,1-3H3. The average Bonchev–Trinajstić information content (AvgIpc) is 3.60. The van der Waals surface area contributed by atoms with E-state index in [2.05, 4.69) is 46.0 Å². The Balaban J connectivity index is 1.66. The minimum atomic E-state index is -3.57. The van der Waals surface area contributed by atoms with E-state index >= 15 is 0 Å². The second-order valence-electron chi connectivity index (χ2n) is 9.80. The van der Waals surface area contributed by atoms with E-state index in [1.54, 1.807) is 57.2 Å². The van der Waals surface area contributed by atoms with Crippen LogP contribution < -0.4 is 4.72 Å². The van der Waals surface area contributed by atoms with E-state index < -0.39 is 10.0 Å². The maximum Gasteiger partial charge on any atom is 0.232 e. The third-order valence-corrected chi connectivity index (χ3v) is 7.94. The molecule has 3 N–H and O–H groups in total. The van der Waals surface area contributed by atoms with Gasteiger partial charge in [-0.05, 0) is 118 Å². The third-order valence-electron chi connectivity index (χ3n) is 6.45.